The Kier molecular flexibility index (Phi) is 7.22. The lowest BCUT2D eigenvalue weighted by Gasteiger charge is -2.10. The number of ether oxygens (including phenoxy) is 1. The predicted octanol–water partition coefficient (Wildman–Crippen LogP) is 3.85. The van der Waals surface area contributed by atoms with Gasteiger partial charge in [-0.05, 0) is 41.8 Å². The van der Waals surface area contributed by atoms with Gasteiger partial charge in [-0.3, -0.25) is 9.59 Å². The molecule has 0 unspecified atom stereocenters. The minimum absolute atomic E-state index is 0.0437. The van der Waals surface area contributed by atoms with E-state index in [1.165, 1.54) is 0 Å². The maximum absolute atomic E-state index is 12.4. The average molecular weight is 390 g/mol. The van der Waals surface area contributed by atoms with Crippen LogP contribution in [0.15, 0.2) is 66.7 Å². The molecule has 0 fully saturated rings. The van der Waals surface area contributed by atoms with Gasteiger partial charge in [0.15, 0.2) is 0 Å². The first kappa shape index (κ1) is 20.4. The number of carbonyl (C=O) groups excluding carboxylic acids is 2. The van der Waals surface area contributed by atoms with Crippen molar-refractivity contribution in [1.82, 2.24) is 10.6 Å². The fraction of sp³-hybridized carbons (Fsp3) is 0.250. The van der Waals surface area contributed by atoms with Crippen LogP contribution < -0.4 is 15.4 Å². The monoisotopic (exact) mass is 390 g/mol. The fourth-order valence-electron chi connectivity index (χ4n) is 3.12. The third kappa shape index (κ3) is 5.82. The van der Waals surface area contributed by atoms with Crippen molar-refractivity contribution in [2.45, 2.75) is 19.8 Å². The molecule has 3 aromatic rings. The van der Waals surface area contributed by atoms with E-state index in [-0.39, 0.29) is 11.8 Å². The van der Waals surface area contributed by atoms with Crippen LogP contribution in [0.5, 0.6) is 5.75 Å². The highest BCUT2D eigenvalue weighted by Crippen LogP contribution is 2.18. The summed E-state index contributed by atoms with van der Waals surface area (Å²) < 4.78 is 5.69. The van der Waals surface area contributed by atoms with Gasteiger partial charge in [0.25, 0.3) is 5.91 Å². The highest BCUT2D eigenvalue weighted by molar-refractivity contribution is 6.07. The molecular weight excluding hydrogens is 364 g/mol. The molecule has 0 atom stereocenters. The Bertz CT molecular complexity index is 979. The first-order chi connectivity index (χ1) is 14.1. The number of fused-ring (bicyclic) bond motifs is 1. The third-order valence-corrected chi connectivity index (χ3v) is 4.67. The summed E-state index contributed by atoms with van der Waals surface area (Å²) in [6.07, 6.45) is 1.03. The molecule has 3 aromatic carbocycles. The fourth-order valence-corrected chi connectivity index (χ4v) is 3.12. The minimum atomic E-state index is -0.136. The molecule has 0 radical (unpaired) electrons. The van der Waals surface area contributed by atoms with Crippen molar-refractivity contribution in [2.24, 2.45) is 0 Å². The second-order valence-electron chi connectivity index (χ2n) is 6.85. The number of para-hydroxylation sites is 1. The van der Waals surface area contributed by atoms with Gasteiger partial charge in [-0.1, -0.05) is 54.6 Å². The van der Waals surface area contributed by atoms with Gasteiger partial charge in [-0.15, -0.1) is 0 Å². The first-order valence-corrected chi connectivity index (χ1v) is 9.86. The molecule has 5 heteroatoms. The van der Waals surface area contributed by atoms with E-state index in [0.29, 0.717) is 38.1 Å². The molecule has 0 spiro atoms. The van der Waals surface area contributed by atoms with Crippen molar-refractivity contribution in [2.75, 3.05) is 19.7 Å². The lowest BCUT2D eigenvalue weighted by molar-refractivity contribution is -0.121. The van der Waals surface area contributed by atoms with Crippen molar-refractivity contribution in [3.8, 4) is 5.75 Å². The van der Waals surface area contributed by atoms with Gasteiger partial charge in [0, 0.05) is 25.1 Å². The molecule has 150 valence electrons. The molecule has 29 heavy (non-hydrogen) atoms. The molecule has 0 saturated carbocycles. The van der Waals surface area contributed by atoms with E-state index in [2.05, 4.69) is 10.6 Å². The molecule has 5 nitrogen and oxygen atoms in total. The Balaban J connectivity index is 1.34. The van der Waals surface area contributed by atoms with Gasteiger partial charge in [0.1, 0.15) is 5.75 Å². The minimum Gasteiger partial charge on any atom is -0.493 e. The molecule has 0 aromatic heterocycles. The van der Waals surface area contributed by atoms with E-state index in [9.17, 15) is 9.59 Å². The van der Waals surface area contributed by atoms with Crippen molar-refractivity contribution in [1.29, 1.82) is 0 Å². The van der Waals surface area contributed by atoms with Crippen LogP contribution in [-0.4, -0.2) is 31.5 Å². The van der Waals surface area contributed by atoms with E-state index in [0.717, 1.165) is 22.1 Å². The highest BCUT2D eigenvalue weighted by Gasteiger charge is 2.09. The van der Waals surface area contributed by atoms with Crippen molar-refractivity contribution < 1.29 is 14.3 Å². The first-order valence-electron chi connectivity index (χ1n) is 9.86. The summed E-state index contributed by atoms with van der Waals surface area (Å²) in [5.41, 5.74) is 1.72. The quantitative estimate of drug-likeness (QED) is 0.545. The molecule has 3 rings (SSSR count). The normalized spacial score (nSPS) is 10.5. The van der Waals surface area contributed by atoms with Crippen LogP contribution in [0.3, 0.4) is 0 Å². The Labute approximate surface area is 171 Å². The highest BCUT2D eigenvalue weighted by atomic mass is 16.5. The maximum atomic E-state index is 12.4. The number of hydrogen-bond donors (Lipinski definition) is 2. The van der Waals surface area contributed by atoms with Gasteiger partial charge in [0.05, 0.1) is 6.61 Å². The molecule has 0 bridgehead atoms. The predicted molar refractivity (Wildman–Crippen MR) is 115 cm³/mol. The SMILES string of the molecule is Cc1ccccc1OCCCC(=O)NCCNC(=O)c1cccc2ccccc12. The van der Waals surface area contributed by atoms with Gasteiger partial charge in [-0.2, -0.15) is 0 Å². The number of amides is 2. The van der Waals surface area contributed by atoms with E-state index in [1.807, 2.05) is 73.7 Å². The second kappa shape index (κ2) is 10.3. The summed E-state index contributed by atoms with van der Waals surface area (Å²) in [6.45, 7) is 3.27. The van der Waals surface area contributed by atoms with E-state index in [4.69, 9.17) is 4.74 Å². The summed E-state index contributed by atoms with van der Waals surface area (Å²) in [5, 5.41) is 7.64. The van der Waals surface area contributed by atoms with E-state index >= 15 is 0 Å². The summed E-state index contributed by atoms with van der Waals surface area (Å²) in [5.74, 6) is 0.671. The van der Waals surface area contributed by atoms with E-state index in [1.54, 1.807) is 0 Å². The molecule has 0 aliphatic rings. The second-order valence-corrected chi connectivity index (χ2v) is 6.85. The number of benzene rings is 3. The Hall–Kier alpha value is -3.34. The standard InChI is InChI=1S/C24H26N2O3/c1-18-8-2-5-13-22(18)29-17-7-14-23(27)25-15-16-26-24(28)21-12-6-10-19-9-3-4-11-20(19)21/h2-6,8-13H,7,14-17H2,1H3,(H,25,27)(H,26,28). The number of aryl methyl sites for hydroxylation is 1. The van der Waals surface area contributed by atoms with E-state index < -0.39 is 0 Å². The Morgan fingerprint density at radius 3 is 2.45 bits per heavy atom. The molecule has 2 N–H and O–H groups in total. The molecule has 0 aliphatic heterocycles. The maximum Gasteiger partial charge on any atom is 0.251 e. The topological polar surface area (TPSA) is 67.4 Å². The summed E-state index contributed by atoms with van der Waals surface area (Å²) in [4.78, 5) is 24.4. The molecule has 0 saturated heterocycles. The molecular formula is C24H26N2O3. The summed E-state index contributed by atoms with van der Waals surface area (Å²) in [7, 11) is 0. The summed E-state index contributed by atoms with van der Waals surface area (Å²) in [6, 6.07) is 21.3. The van der Waals surface area contributed by atoms with Crippen molar-refractivity contribution >= 4 is 22.6 Å². The van der Waals surface area contributed by atoms with Gasteiger partial charge < -0.3 is 15.4 Å². The lowest BCUT2D eigenvalue weighted by atomic mass is 10.0. The van der Waals surface area contributed by atoms with Gasteiger partial charge in [-0.25, -0.2) is 0 Å². The summed E-state index contributed by atoms with van der Waals surface area (Å²) >= 11 is 0. The Morgan fingerprint density at radius 1 is 0.862 bits per heavy atom. The zero-order chi connectivity index (χ0) is 20.5. The van der Waals surface area contributed by atoms with Crippen molar-refractivity contribution in [3.05, 3.63) is 77.9 Å². The van der Waals surface area contributed by atoms with Crippen molar-refractivity contribution in [3.63, 3.8) is 0 Å². The van der Waals surface area contributed by atoms with Crippen LogP contribution in [0.25, 0.3) is 10.8 Å². The average Bonchev–Trinajstić information content (AvgIpc) is 2.75. The largest absolute Gasteiger partial charge is 0.493 e. The zero-order valence-corrected chi connectivity index (χ0v) is 16.6. The van der Waals surface area contributed by atoms with Crippen LogP contribution in [-0.2, 0) is 4.79 Å². The molecule has 0 heterocycles. The van der Waals surface area contributed by atoms with Crippen LogP contribution >= 0.6 is 0 Å². The molecule has 2 amide bonds. The van der Waals surface area contributed by atoms with Gasteiger partial charge >= 0.3 is 0 Å². The number of nitrogens with one attached hydrogen (secondary N) is 2. The zero-order valence-electron chi connectivity index (χ0n) is 16.6. The number of rotatable bonds is 9. The third-order valence-electron chi connectivity index (χ3n) is 4.67. The van der Waals surface area contributed by atoms with Crippen LogP contribution in [0, 0.1) is 6.92 Å². The number of carbonyl (C=O) groups is 2. The lowest BCUT2D eigenvalue weighted by Crippen LogP contribution is -2.34. The number of hydrogen-bond acceptors (Lipinski definition) is 3. The smallest absolute Gasteiger partial charge is 0.251 e. The molecule has 0 aliphatic carbocycles. The Morgan fingerprint density at radius 2 is 1.59 bits per heavy atom. The van der Waals surface area contributed by atoms with Crippen LogP contribution in [0.1, 0.15) is 28.8 Å². The van der Waals surface area contributed by atoms with Crippen LogP contribution in [0.2, 0.25) is 0 Å². The van der Waals surface area contributed by atoms with Crippen LogP contribution in [0.4, 0.5) is 0 Å². The van der Waals surface area contributed by atoms with Gasteiger partial charge in [0.2, 0.25) is 5.91 Å².